The van der Waals surface area contributed by atoms with Crippen LogP contribution >= 0.6 is 22.6 Å². The molecule has 0 spiro atoms. The molecule has 1 atom stereocenters. The van der Waals surface area contributed by atoms with Crippen LogP contribution in [-0.4, -0.2) is 47.6 Å². The number of ether oxygens (including phenoxy) is 1. The second kappa shape index (κ2) is 22.1. The Morgan fingerprint density at radius 1 is 1.35 bits per heavy atom. The first-order valence-corrected chi connectivity index (χ1v) is 13.8. The predicted octanol–water partition coefficient (Wildman–Crippen LogP) is 5.77. The number of carbonyl (C=O) groups excluding carboxylic acids is 2. The lowest BCUT2D eigenvalue weighted by molar-refractivity contribution is -0.119. The Bertz CT molecular complexity index is 950. The van der Waals surface area contributed by atoms with Crippen molar-refractivity contribution in [2.45, 2.75) is 47.1 Å². The molecule has 2 amide bonds. The van der Waals surface area contributed by atoms with E-state index in [2.05, 4.69) is 62.5 Å². The van der Waals surface area contributed by atoms with Gasteiger partial charge in [-0.3, -0.25) is 9.69 Å². The molecule has 0 aliphatic carbocycles. The molecule has 9 nitrogen and oxygen atoms in total. The van der Waals surface area contributed by atoms with Crippen molar-refractivity contribution in [2.24, 2.45) is 16.2 Å². The highest BCUT2D eigenvalue weighted by molar-refractivity contribution is 14.1. The summed E-state index contributed by atoms with van der Waals surface area (Å²) >= 11 is 2.15. The molecule has 0 unspecified atom stereocenters. The van der Waals surface area contributed by atoms with E-state index >= 15 is 0 Å². The maximum absolute atomic E-state index is 14.5. The van der Waals surface area contributed by atoms with Crippen molar-refractivity contribution in [2.75, 3.05) is 24.6 Å². The van der Waals surface area contributed by atoms with Crippen LogP contribution in [0.2, 0.25) is 0 Å². The van der Waals surface area contributed by atoms with Crippen molar-refractivity contribution in [1.82, 2.24) is 15.5 Å². The zero-order chi connectivity index (χ0) is 28.8. The number of cyclic esters (lactones) is 1. The number of halogens is 2. The van der Waals surface area contributed by atoms with E-state index in [0.717, 1.165) is 11.8 Å². The largest absolute Gasteiger partial charge is 0.442 e. The van der Waals surface area contributed by atoms with Gasteiger partial charge >= 0.3 is 6.09 Å². The van der Waals surface area contributed by atoms with Crippen LogP contribution < -0.4 is 16.5 Å². The van der Waals surface area contributed by atoms with E-state index in [4.69, 9.17) is 10.6 Å². The Kier molecular flexibility index (Phi) is 21.4. The number of carbonyl (C=O) groups is 2. The molecule has 206 valence electrons. The van der Waals surface area contributed by atoms with Crippen LogP contribution in [0.5, 0.6) is 0 Å². The highest BCUT2D eigenvalue weighted by Crippen LogP contribution is 2.18. The van der Waals surface area contributed by atoms with Gasteiger partial charge in [0.05, 0.1) is 31.0 Å². The summed E-state index contributed by atoms with van der Waals surface area (Å²) in [6.45, 7) is 17.0. The Morgan fingerprint density at radius 2 is 2.00 bits per heavy atom. The second-order valence-electron chi connectivity index (χ2n) is 7.05. The summed E-state index contributed by atoms with van der Waals surface area (Å²) in [7, 11) is 0. The molecule has 1 aliphatic heterocycles. The second-order valence-corrected chi connectivity index (χ2v) is 7.05. The molecular weight excluding hydrogens is 590 g/mol. The van der Waals surface area contributed by atoms with Crippen molar-refractivity contribution in [3.05, 3.63) is 77.8 Å². The number of nitrogens with one attached hydrogen (secondary N) is 2. The Labute approximate surface area is 234 Å². The first kappa shape index (κ1) is 36.0. The fourth-order valence-corrected chi connectivity index (χ4v) is 2.63. The number of alkyl halides is 1. The van der Waals surface area contributed by atoms with E-state index in [1.54, 1.807) is 13.0 Å². The van der Waals surface area contributed by atoms with Crippen LogP contribution in [-0.2, 0) is 9.53 Å². The van der Waals surface area contributed by atoms with E-state index in [9.17, 15) is 14.0 Å². The van der Waals surface area contributed by atoms with E-state index < -0.39 is 18.0 Å². The zero-order valence-electron chi connectivity index (χ0n) is 22.6. The number of rotatable bonds is 12. The molecule has 1 fully saturated rings. The average molecular weight is 631 g/mol. The van der Waals surface area contributed by atoms with Crippen LogP contribution in [0.1, 0.15) is 41.0 Å². The number of nitrogens with zero attached hydrogens (tertiary/aromatic N) is 3. The summed E-state index contributed by atoms with van der Waals surface area (Å²) in [5, 5.41) is 12.5. The van der Waals surface area contributed by atoms with Crippen LogP contribution in [0.25, 0.3) is 0 Å². The van der Waals surface area contributed by atoms with Gasteiger partial charge in [-0.2, -0.15) is 0 Å². The third-order valence-corrected chi connectivity index (χ3v) is 4.42. The van der Waals surface area contributed by atoms with E-state index in [1.807, 2.05) is 37.9 Å². The summed E-state index contributed by atoms with van der Waals surface area (Å²) in [5.74, 6) is 4.28. The summed E-state index contributed by atoms with van der Waals surface area (Å²) in [4.78, 5) is 26.4. The molecule has 37 heavy (non-hydrogen) atoms. The Balaban J connectivity index is 0. The van der Waals surface area contributed by atoms with Gasteiger partial charge in [-0.05, 0) is 42.9 Å². The van der Waals surface area contributed by atoms with Gasteiger partial charge in [0.15, 0.2) is 0 Å². The molecule has 0 bridgehead atoms. The molecule has 1 saturated heterocycles. The lowest BCUT2D eigenvalue weighted by Gasteiger charge is -2.11. The highest BCUT2D eigenvalue weighted by Gasteiger charge is 2.32. The van der Waals surface area contributed by atoms with Gasteiger partial charge in [-0.15, -0.1) is 5.11 Å². The minimum Gasteiger partial charge on any atom is -0.442 e. The van der Waals surface area contributed by atoms with Crippen molar-refractivity contribution in [3.8, 4) is 0 Å². The monoisotopic (exact) mass is 630 g/mol. The zero-order valence-corrected chi connectivity index (χ0v) is 24.8. The van der Waals surface area contributed by atoms with Gasteiger partial charge in [-0.25, -0.2) is 9.18 Å². The molecule has 0 radical (unpaired) electrons. The molecule has 0 saturated carbocycles. The van der Waals surface area contributed by atoms with E-state index in [1.165, 1.54) is 17.9 Å². The molecule has 11 heteroatoms. The van der Waals surface area contributed by atoms with Gasteiger partial charge in [-0.1, -0.05) is 72.7 Å². The number of nitrogens with two attached hydrogens (primary N) is 1. The average Bonchev–Trinajstić information content (AvgIpc) is 3.27. The molecule has 1 rings (SSSR count). The first-order valence-electron chi connectivity index (χ1n) is 11.6. The van der Waals surface area contributed by atoms with Crippen molar-refractivity contribution < 1.29 is 18.7 Å². The highest BCUT2D eigenvalue weighted by atomic mass is 127. The molecule has 1 aliphatic rings. The SMILES string of the molecule is C=CC(=C=C/C(F)=C(\C)C/C=C\C(=C/C)NCC(=C)N=NN)N1C[C@H](CNC(C)=O)OC1=O.CC.CI. The van der Waals surface area contributed by atoms with Crippen LogP contribution in [0, 0.1) is 0 Å². The molecule has 1 heterocycles. The number of hydrogen-bond acceptors (Lipinski definition) is 6. The molecule has 0 aromatic heterocycles. The summed E-state index contributed by atoms with van der Waals surface area (Å²) in [5.41, 5.74) is 4.79. The van der Waals surface area contributed by atoms with Gasteiger partial charge < -0.3 is 21.2 Å². The van der Waals surface area contributed by atoms with Crippen molar-refractivity contribution in [1.29, 1.82) is 0 Å². The normalized spacial score (nSPS) is 15.4. The maximum Gasteiger partial charge on any atom is 0.415 e. The van der Waals surface area contributed by atoms with E-state index in [-0.39, 0.29) is 24.7 Å². The quantitative estimate of drug-likeness (QED) is 0.0481. The van der Waals surface area contributed by atoms with Gasteiger partial charge in [0.1, 0.15) is 11.9 Å². The minimum absolute atomic E-state index is 0.194. The summed E-state index contributed by atoms with van der Waals surface area (Å²) in [6.07, 6.45) is 7.28. The lowest BCUT2D eigenvalue weighted by Crippen LogP contribution is -2.32. The van der Waals surface area contributed by atoms with Gasteiger partial charge in [0.2, 0.25) is 5.91 Å². The number of amides is 2. The molecule has 0 aromatic carbocycles. The first-order chi connectivity index (χ1) is 17.7. The van der Waals surface area contributed by atoms with Crippen LogP contribution in [0.4, 0.5) is 9.18 Å². The number of hydrogen-bond donors (Lipinski definition) is 3. The lowest BCUT2D eigenvalue weighted by atomic mass is 10.1. The topological polar surface area (TPSA) is 121 Å². The molecule has 0 aromatic rings. The predicted molar refractivity (Wildman–Crippen MR) is 156 cm³/mol. The standard InChI is InChI=1S/C23H31FN6O3.C2H6.CH3I/c1-6-19(27-13-17(4)28-29-25)10-8-9-16(3)22(24)12-11-20(7-2)30-15-21(33-23(30)32)14-26-18(5)31;2*1-2/h6-8,10,12,21,27H,2,4,9,13-15H2,1,3,5H3,(H2,25,28)(H,26,31);1-2H3;1H3/b10-8-,19-6+,22-16-;;/t11?,21-;;/m0../s1. The van der Waals surface area contributed by atoms with Gasteiger partial charge in [0, 0.05) is 18.7 Å². The maximum atomic E-state index is 14.5. The molecular formula is C26H40FIN6O3. The van der Waals surface area contributed by atoms with Gasteiger partial charge in [0.25, 0.3) is 0 Å². The Morgan fingerprint density at radius 3 is 2.54 bits per heavy atom. The smallest absolute Gasteiger partial charge is 0.415 e. The van der Waals surface area contributed by atoms with Crippen molar-refractivity contribution in [3.63, 3.8) is 0 Å². The third-order valence-electron chi connectivity index (χ3n) is 4.42. The number of allylic oxidation sites excluding steroid dienone is 6. The Hall–Kier alpha value is -3.18. The van der Waals surface area contributed by atoms with Crippen molar-refractivity contribution >= 4 is 34.6 Å². The minimum atomic E-state index is -0.604. The summed E-state index contributed by atoms with van der Waals surface area (Å²) in [6, 6.07) is 0. The fraction of sp³-hybridized carbons (Fsp3) is 0.423. The van der Waals surface area contributed by atoms with Crippen LogP contribution in [0.15, 0.2) is 88.1 Å². The van der Waals surface area contributed by atoms with Crippen LogP contribution in [0.3, 0.4) is 0 Å². The fourth-order valence-electron chi connectivity index (χ4n) is 2.63. The third kappa shape index (κ3) is 15.5. The van der Waals surface area contributed by atoms with E-state index in [0.29, 0.717) is 24.2 Å². The molecule has 4 N–H and O–H groups in total. The summed E-state index contributed by atoms with van der Waals surface area (Å²) < 4.78 is 19.7.